The van der Waals surface area contributed by atoms with Crippen LogP contribution in [-0.4, -0.2) is 52.1 Å². The molecular formula is C20H33N3O2S. The smallest absolute Gasteiger partial charge is 0.226 e. The van der Waals surface area contributed by atoms with Gasteiger partial charge in [0, 0.05) is 24.8 Å². The molecule has 2 aliphatic heterocycles. The first-order chi connectivity index (χ1) is 12.3. The van der Waals surface area contributed by atoms with E-state index in [1.165, 1.54) is 5.57 Å². The van der Waals surface area contributed by atoms with Gasteiger partial charge in [-0.25, -0.2) is 0 Å². The average Bonchev–Trinajstić information content (AvgIpc) is 2.62. The van der Waals surface area contributed by atoms with Crippen molar-refractivity contribution in [3.63, 3.8) is 0 Å². The van der Waals surface area contributed by atoms with Gasteiger partial charge in [0.2, 0.25) is 5.91 Å². The molecule has 0 spiro atoms. The van der Waals surface area contributed by atoms with E-state index in [-0.39, 0.29) is 29.9 Å². The number of carbonyl (C=O) groups excluding carboxylic acids is 1. The molecule has 0 aromatic rings. The van der Waals surface area contributed by atoms with Crippen molar-refractivity contribution in [1.82, 2.24) is 4.90 Å². The first-order valence-electron chi connectivity index (χ1n) is 9.55. The largest absolute Gasteiger partial charge is 0.392 e. The third-order valence-corrected chi connectivity index (χ3v) is 6.56. The molecule has 0 aliphatic carbocycles. The number of amidine groups is 1. The first-order valence-corrected chi connectivity index (χ1v) is 10.5. The zero-order chi connectivity index (χ0) is 19.3. The molecule has 26 heavy (non-hydrogen) atoms. The van der Waals surface area contributed by atoms with Gasteiger partial charge in [-0.3, -0.25) is 9.79 Å². The Labute approximate surface area is 161 Å². The number of thioether (sulfide) groups is 1. The maximum atomic E-state index is 13.0. The van der Waals surface area contributed by atoms with E-state index in [1.54, 1.807) is 11.8 Å². The van der Waals surface area contributed by atoms with Gasteiger partial charge in [-0.15, -0.1) is 0 Å². The van der Waals surface area contributed by atoms with Crippen molar-refractivity contribution >= 4 is 22.8 Å². The number of allylic oxidation sites excluding steroid dienone is 1. The molecule has 3 N–H and O–H groups in total. The van der Waals surface area contributed by atoms with Crippen LogP contribution in [0.3, 0.4) is 0 Å². The standard InChI is InChI=1S/C20H33N3O2S/c1-5-17(18(25)23-9-6-16(13-24)7-10-23)14(2)12-15(3)20(4)8-11-26-19(21)22-20/h6,12,14,17,24H,5,7-11,13H2,1-4H3,(H2,21,22)/b15-12+. The van der Waals surface area contributed by atoms with Gasteiger partial charge >= 0.3 is 0 Å². The Bertz CT molecular complexity index is 614. The maximum Gasteiger partial charge on any atom is 0.226 e. The zero-order valence-electron chi connectivity index (χ0n) is 16.5. The quantitative estimate of drug-likeness (QED) is 0.696. The number of carbonyl (C=O) groups is 1. The van der Waals surface area contributed by atoms with Gasteiger partial charge < -0.3 is 15.7 Å². The van der Waals surface area contributed by atoms with Crippen LogP contribution in [0.15, 0.2) is 28.3 Å². The molecule has 146 valence electrons. The van der Waals surface area contributed by atoms with Crippen LogP contribution in [0.4, 0.5) is 0 Å². The van der Waals surface area contributed by atoms with Gasteiger partial charge in [-0.1, -0.05) is 37.8 Å². The summed E-state index contributed by atoms with van der Waals surface area (Å²) in [5, 5.41) is 9.88. The Morgan fingerprint density at radius 1 is 1.58 bits per heavy atom. The van der Waals surface area contributed by atoms with Crippen LogP contribution < -0.4 is 5.73 Å². The molecule has 0 saturated heterocycles. The van der Waals surface area contributed by atoms with E-state index < -0.39 is 0 Å². The summed E-state index contributed by atoms with van der Waals surface area (Å²) in [6.07, 6.45) is 6.76. The molecule has 3 unspecified atom stereocenters. The molecule has 0 aromatic heterocycles. The Morgan fingerprint density at radius 2 is 2.31 bits per heavy atom. The molecule has 0 saturated carbocycles. The van der Waals surface area contributed by atoms with Crippen molar-refractivity contribution in [2.24, 2.45) is 22.6 Å². The summed E-state index contributed by atoms with van der Waals surface area (Å²) in [7, 11) is 0. The number of aliphatic hydroxyl groups excluding tert-OH is 1. The lowest BCUT2D eigenvalue weighted by Gasteiger charge is -2.33. The van der Waals surface area contributed by atoms with Crippen LogP contribution in [0.1, 0.15) is 47.0 Å². The Hall–Kier alpha value is -1.27. The number of amides is 1. The van der Waals surface area contributed by atoms with Crippen molar-refractivity contribution in [2.45, 2.75) is 52.5 Å². The van der Waals surface area contributed by atoms with Crippen LogP contribution in [0.5, 0.6) is 0 Å². The summed E-state index contributed by atoms with van der Waals surface area (Å²) >= 11 is 1.61. The fraction of sp³-hybridized carbons (Fsp3) is 0.700. The van der Waals surface area contributed by atoms with E-state index >= 15 is 0 Å². The fourth-order valence-electron chi connectivity index (χ4n) is 3.72. The monoisotopic (exact) mass is 379 g/mol. The number of rotatable bonds is 6. The third-order valence-electron chi connectivity index (χ3n) is 5.77. The van der Waals surface area contributed by atoms with E-state index in [0.717, 1.165) is 30.6 Å². The predicted molar refractivity (Wildman–Crippen MR) is 110 cm³/mol. The number of hydrogen-bond donors (Lipinski definition) is 2. The Balaban J connectivity index is 2.10. The molecule has 6 heteroatoms. The van der Waals surface area contributed by atoms with Crippen LogP contribution >= 0.6 is 11.8 Å². The normalized spacial score (nSPS) is 26.8. The van der Waals surface area contributed by atoms with Crippen molar-refractivity contribution in [3.05, 3.63) is 23.3 Å². The highest BCUT2D eigenvalue weighted by Gasteiger charge is 2.32. The van der Waals surface area contributed by atoms with E-state index in [9.17, 15) is 9.90 Å². The molecule has 0 bridgehead atoms. The summed E-state index contributed by atoms with van der Waals surface area (Å²) in [6, 6.07) is 0. The molecule has 1 amide bonds. The van der Waals surface area contributed by atoms with Crippen molar-refractivity contribution in [2.75, 3.05) is 25.4 Å². The second-order valence-electron chi connectivity index (χ2n) is 7.60. The van der Waals surface area contributed by atoms with Crippen LogP contribution in [-0.2, 0) is 4.79 Å². The van der Waals surface area contributed by atoms with Crippen LogP contribution in [0.25, 0.3) is 0 Å². The van der Waals surface area contributed by atoms with Crippen molar-refractivity contribution < 1.29 is 9.90 Å². The number of nitrogens with two attached hydrogens (primary N) is 1. The fourth-order valence-corrected chi connectivity index (χ4v) is 4.70. The summed E-state index contributed by atoms with van der Waals surface area (Å²) in [6.45, 7) is 9.85. The molecule has 2 heterocycles. The SMILES string of the molecule is CCC(C(=O)N1CC=C(CO)CC1)C(C)/C=C(\C)C1(C)CCSC(N)=N1. The maximum absolute atomic E-state index is 13.0. The average molecular weight is 380 g/mol. The summed E-state index contributed by atoms with van der Waals surface area (Å²) in [4.78, 5) is 19.6. The Kier molecular flexibility index (Phi) is 7.35. The molecular weight excluding hydrogens is 346 g/mol. The molecule has 0 radical (unpaired) electrons. The highest BCUT2D eigenvalue weighted by Crippen LogP contribution is 2.34. The number of nitrogens with zero attached hydrogens (tertiary/aromatic N) is 2. The third kappa shape index (κ3) is 4.92. The minimum Gasteiger partial charge on any atom is -0.392 e. The first kappa shape index (κ1) is 21.0. The van der Waals surface area contributed by atoms with Crippen LogP contribution in [0, 0.1) is 11.8 Å². The summed E-state index contributed by atoms with van der Waals surface area (Å²) in [5.41, 5.74) is 7.91. The molecule has 0 aromatic carbocycles. The number of aliphatic hydroxyl groups is 1. The van der Waals surface area contributed by atoms with Crippen LogP contribution in [0.2, 0.25) is 0 Å². The van der Waals surface area contributed by atoms with Gasteiger partial charge in [0.05, 0.1) is 12.1 Å². The van der Waals surface area contributed by atoms with E-state index in [0.29, 0.717) is 18.3 Å². The number of aliphatic imine (C=N–C) groups is 1. The minimum atomic E-state index is -0.255. The molecule has 0 fully saturated rings. The second-order valence-corrected chi connectivity index (χ2v) is 8.72. The van der Waals surface area contributed by atoms with E-state index in [4.69, 9.17) is 5.73 Å². The lowest BCUT2D eigenvalue weighted by atomic mass is 9.83. The van der Waals surface area contributed by atoms with Gasteiger partial charge in [0.15, 0.2) is 5.17 Å². The summed E-state index contributed by atoms with van der Waals surface area (Å²) < 4.78 is 0. The highest BCUT2D eigenvalue weighted by atomic mass is 32.2. The second kappa shape index (κ2) is 9.09. The predicted octanol–water partition coefficient (Wildman–Crippen LogP) is 2.96. The molecule has 2 rings (SSSR count). The molecule has 2 aliphatic rings. The lowest BCUT2D eigenvalue weighted by molar-refractivity contribution is -0.136. The van der Waals surface area contributed by atoms with E-state index in [2.05, 4.69) is 38.8 Å². The molecule has 3 atom stereocenters. The van der Waals surface area contributed by atoms with Crippen molar-refractivity contribution in [1.29, 1.82) is 0 Å². The zero-order valence-corrected chi connectivity index (χ0v) is 17.3. The highest BCUT2D eigenvalue weighted by molar-refractivity contribution is 8.13. The number of hydrogen-bond acceptors (Lipinski definition) is 5. The lowest BCUT2D eigenvalue weighted by Crippen LogP contribution is -2.41. The van der Waals surface area contributed by atoms with Crippen molar-refractivity contribution in [3.8, 4) is 0 Å². The minimum absolute atomic E-state index is 0.0306. The van der Waals surface area contributed by atoms with Gasteiger partial charge in [-0.2, -0.15) is 0 Å². The van der Waals surface area contributed by atoms with Gasteiger partial charge in [-0.05, 0) is 50.2 Å². The van der Waals surface area contributed by atoms with E-state index in [1.807, 2.05) is 11.0 Å². The van der Waals surface area contributed by atoms with Gasteiger partial charge in [0.1, 0.15) is 0 Å². The Morgan fingerprint density at radius 3 is 2.85 bits per heavy atom. The molecule has 5 nitrogen and oxygen atoms in total. The topological polar surface area (TPSA) is 78.9 Å². The van der Waals surface area contributed by atoms with Gasteiger partial charge in [0.25, 0.3) is 0 Å². The summed E-state index contributed by atoms with van der Waals surface area (Å²) in [5.74, 6) is 1.31.